The smallest absolute Gasteiger partial charge is 0.348 e. The maximum atomic E-state index is 9.95. The van der Waals surface area contributed by atoms with Crippen molar-refractivity contribution in [2.75, 3.05) is 0 Å². The van der Waals surface area contributed by atoms with E-state index in [1.807, 2.05) is 0 Å². The van der Waals surface area contributed by atoms with E-state index in [4.69, 9.17) is 38.5 Å². The summed E-state index contributed by atoms with van der Waals surface area (Å²) in [7, 11) is 0. The summed E-state index contributed by atoms with van der Waals surface area (Å²) in [6.07, 6.45) is -2.04. The largest absolute Gasteiger partial charge is 0.477 e. The first kappa shape index (κ1) is 9.71. The lowest BCUT2D eigenvalue weighted by Crippen LogP contribution is -2.08. The van der Waals surface area contributed by atoms with Crippen LogP contribution in [0.15, 0.2) is 10.1 Å². The highest BCUT2D eigenvalue weighted by molar-refractivity contribution is 6.47. The molecule has 4 nitrogen and oxygen atoms in total. The fraction of sp³-hybridized carbons (Fsp3) is 0.250. The third-order valence-electron chi connectivity index (χ3n) is 0.624. The van der Waals surface area contributed by atoms with E-state index in [9.17, 15) is 4.79 Å². The van der Waals surface area contributed by atoms with Crippen LogP contribution in [-0.4, -0.2) is 27.6 Å². The van der Waals surface area contributed by atoms with Gasteiger partial charge in [-0.05, 0) is 0 Å². The number of hydrogen-bond acceptors (Lipinski definition) is 3. The number of carboxylic acid groups (broad SMARTS) is 1. The zero-order valence-electron chi connectivity index (χ0n) is 4.58. The summed E-state index contributed by atoms with van der Waals surface area (Å²) in [4.78, 5) is 9.95. The lowest BCUT2D eigenvalue weighted by Gasteiger charge is -2.00. The van der Waals surface area contributed by atoms with E-state index >= 15 is 0 Å². The van der Waals surface area contributed by atoms with Crippen LogP contribution in [0.25, 0.3) is 0 Å². The summed E-state index contributed by atoms with van der Waals surface area (Å²) in [5, 5.41) is 23.1. The zero-order chi connectivity index (χ0) is 8.31. The topological polar surface area (TPSA) is 77.8 Å². The molecule has 0 heterocycles. The number of hydrogen-bond donors (Lipinski definition) is 3. The molecule has 0 rings (SSSR count). The molecule has 0 radical (unpaired) electrons. The maximum Gasteiger partial charge on any atom is 0.348 e. The van der Waals surface area contributed by atoms with Gasteiger partial charge in [0.25, 0.3) is 0 Å². The Hall–Kier alpha value is -0.290. The Kier molecular flexibility index (Phi) is 3.67. The number of aliphatic carboxylic acids is 1. The van der Waals surface area contributed by atoms with E-state index in [0.29, 0.717) is 0 Å². The first-order valence-electron chi connectivity index (χ1n) is 2.11. The Morgan fingerprint density at radius 2 is 1.70 bits per heavy atom. The molecule has 6 heteroatoms. The molecule has 0 unspecified atom stereocenters. The first-order valence-corrected chi connectivity index (χ1v) is 2.87. The molecular weight excluding hydrogens is 183 g/mol. The third-order valence-corrected chi connectivity index (χ3v) is 1.47. The van der Waals surface area contributed by atoms with Gasteiger partial charge in [0, 0.05) is 0 Å². The quantitative estimate of drug-likeness (QED) is 0.422. The van der Waals surface area contributed by atoms with Gasteiger partial charge in [-0.3, -0.25) is 0 Å². The van der Waals surface area contributed by atoms with E-state index in [1.54, 1.807) is 0 Å². The highest BCUT2D eigenvalue weighted by Crippen LogP contribution is 2.16. The van der Waals surface area contributed by atoms with E-state index in [-0.39, 0.29) is 0 Å². The van der Waals surface area contributed by atoms with Crippen LogP contribution in [0.1, 0.15) is 0 Å². The molecule has 0 aromatic heterocycles. The average Bonchev–Trinajstić information content (AvgIpc) is 1.84. The van der Waals surface area contributed by atoms with Crippen molar-refractivity contribution in [2.24, 2.45) is 0 Å². The normalized spacial score (nSPS) is 13.3. The van der Waals surface area contributed by atoms with E-state index in [2.05, 4.69) is 0 Å². The number of aliphatic hydroxyl groups excluding tert-OH is 1. The van der Waals surface area contributed by atoms with Crippen LogP contribution in [0.3, 0.4) is 0 Å². The molecule has 0 spiro atoms. The van der Waals surface area contributed by atoms with Gasteiger partial charge in [0.1, 0.15) is 5.03 Å². The molecule has 0 aliphatic heterocycles. The molecule has 3 N–H and O–H groups in total. The summed E-state index contributed by atoms with van der Waals surface area (Å²) in [6.45, 7) is 0. The standard InChI is InChI=1S/C4H4Cl2O4/c5-1(3(7)8)2(6)4(9)10/h3,7-8H,(H,9,10)/b2-1-. The van der Waals surface area contributed by atoms with Crippen LogP contribution in [0.4, 0.5) is 0 Å². The molecule has 10 heavy (non-hydrogen) atoms. The van der Waals surface area contributed by atoms with Gasteiger partial charge in [-0.25, -0.2) is 4.79 Å². The lowest BCUT2D eigenvalue weighted by molar-refractivity contribution is -0.132. The second kappa shape index (κ2) is 3.78. The van der Waals surface area contributed by atoms with Crippen molar-refractivity contribution in [1.82, 2.24) is 0 Å². The maximum absolute atomic E-state index is 9.95. The van der Waals surface area contributed by atoms with E-state index in [0.717, 1.165) is 0 Å². The monoisotopic (exact) mass is 186 g/mol. The van der Waals surface area contributed by atoms with Crippen molar-refractivity contribution < 1.29 is 20.1 Å². The van der Waals surface area contributed by atoms with Gasteiger partial charge in [0.2, 0.25) is 0 Å². The van der Waals surface area contributed by atoms with Gasteiger partial charge in [-0.1, -0.05) is 23.2 Å². The van der Waals surface area contributed by atoms with Crippen molar-refractivity contribution >= 4 is 29.2 Å². The zero-order valence-corrected chi connectivity index (χ0v) is 6.10. The fourth-order valence-corrected chi connectivity index (χ4v) is 0.394. The van der Waals surface area contributed by atoms with Crippen molar-refractivity contribution in [1.29, 1.82) is 0 Å². The van der Waals surface area contributed by atoms with Gasteiger partial charge in [0.15, 0.2) is 6.29 Å². The van der Waals surface area contributed by atoms with Crippen LogP contribution >= 0.6 is 23.2 Å². The van der Waals surface area contributed by atoms with Crippen molar-refractivity contribution in [3.8, 4) is 0 Å². The molecule has 58 valence electrons. The number of carboxylic acids is 1. The summed E-state index contributed by atoms with van der Waals surface area (Å²) in [5.74, 6) is -1.50. The molecule has 0 fully saturated rings. The van der Waals surface area contributed by atoms with Crippen molar-refractivity contribution in [3.05, 3.63) is 10.1 Å². The summed E-state index contributed by atoms with van der Waals surface area (Å²) in [5.41, 5.74) is 0. The van der Waals surface area contributed by atoms with Crippen LogP contribution in [0.5, 0.6) is 0 Å². The second-order valence-corrected chi connectivity index (χ2v) is 2.13. The number of halogens is 2. The number of carbonyl (C=O) groups is 1. The van der Waals surface area contributed by atoms with Crippen molar-refractivity contribution in [3.63, 3.8) is 0 Å². The summed E-state index contributed by atoms with van der Waals surface area (Å²) in [6, 6.07) is 0. The summed E-state index contributed by atoms with van der Waals surface area (Å²) < 4.78 is 0. The Bertz CT molecular complexity index is 174. The van der Waals surface area contributed by atoms with Gasteiger partial charge < -0.3 is 15.3 Å². The Morgan fingerprint density at radius 1 is 1.30 bits per heavy atom. The molecular formula is C4H4Cl2O4. The van der Waals surface area contributed by atoms with Gasteiger partial charge in [-0.15, -0.1) is 0 Å². The van der Waals surface area contributed by atoms with E-state index in [1.165, 1.54) is 0 Å². The molecule has 0 amide bonds. The third kappa shape index (κ3) is 2.53. The van der Waals surface area contributed by atoms with Crippen molar-refractivity contribution in [2.45, 2.75) is 6.29 Å². The van der Waals surface area contributed by atoms with Crippen LogP contribution < -0.4 is 0 Å². The minimum atomic E-state index is -2.04. The molecule has 0 aromatic carbocycles. The molecule has 0 aliphatic rings. The minimum absolute atomic E-state index is 0.700. The molecule has 0 atom stereocenters. The van der Waals surface area contributed by atoms with Gasteiger partial charge >= 0.3 is 5.97 Å². The number of aliphatic hydroxyl groups is 2. The number of rotatable bonds is 2. The van der Waals surface area contributed by atoms with Gasteiger partial charge in [0.05, 0.1) is 5.03 Å². The Balaban J connectivity index is 4.50. The predicted molar refractivity (Wildman–Crippen MR) is 34.6 cm³/mol. The molecule has 0 bridgehead atoms. The van der Waals surface area contributed by atoms with Crippen LogP contribution in [0, 0.1) is 0 Å². The average molecular weight is 187 g/mol. The van der Waals surface area contributed by atoms with Gasteiger partial charge in [-0.2, -0.15) is 0 Å². The molecule has 0 aliphatic carbocycles. The van der Waals surface area contributed by atoms with Crippen LogP contribution in [-0.2, 0) is 4.79 Å². The SMILES string of the molecule is O=C(O)/C(Cl)=C(/Cl)C(O)O. The first-order chi connectivity index (χ1) is 4.46. The molecule has 0 saturated carbocycles. The highest BCUT2D eigenvalue weighted by atomic mass is 35.5. The summed E-state index contributed by atoms with van der Waals surface area (Å²) >= 11 is 10.0. The van der Waals surface area contributed by atoms with Crippen LogP contribution in [0.2, 0.25) is 0 Å². The molecule has 0 saturated heterocycles. The minimum Gasteiger partial charge on any atom is -0.477 e. The highest BCUT2D eigenvalue weighted by Gasteiger charge is 2.14. The molecule has 0 aromatic rings. The second-order valence-electron chi connectivity index (χ2n) is 1.34. The van der Waals surface area contributed by atoms with E-state index < -0.39 is 22.3 Å². The Labute approximate surface area is 66.3 Å². The predicted octanol–water partition coefficient (Wildman–Crippen LogP) is 0.0709. The Morgan fingerprint density at radius 3 is 1.80 bits per heavy atom. The lowest BCUT2D eigenvalue weighted by atomic mass is 10.5. The fourth-order valence-electron chi connectivity index (χ4n) is 0.215.